The predicted octanol–water partition coefficient (Wildman–Crippen LogP) is 5.10. The van der Waals surface area contributed by atoms with E-state index >= 15 is 0 Å². The molecule has 0 bridgehead atoms. The van der Waals surface area contributed by atoms with Crippen molar-refractivity contribution in [2.24, 2.45) is 5.92 Å². The molecule has 1 aromatic carbocycles. The molecule has 1 N–H and O–H groups in total. The number of benzene rings is 1. The minimum Gasteiger partial charge on any atom is -0.326 e. The lowest BCUT2D eigenvalue weighted by Crippen LogP contribution is -2.20. The molecule has 0 radical (unpaired) electrons. The first-order valence-electron chi connectivity index (χ1n) is 7.64. The Hall–Kier alpha value is -1.39. The minimum atomic E-state index is 0.101. The van der Waals surface area contributed by atoms with Crippen molar-refractivity contribution in [1.29, 1.82) is 0 Å². The molecule has 1 aliphatic carbocycles. The Balaban J connectivity index is 1.46. The summed E-state index contributed by atoms with van der Waals surface area (Å²) in [5.74, 6) is 1.24. The van der Waals surface area contributed by atoms with Crippen LogP contribution in [0.3, 0.4) is 0 Å². The van der Waals surface area contributed by atoms with E-state index < -0.39 is 0 Å². The summed E-state index contributed by atoms with van der Waals surface area (Å²) >= 11 is 7.59. The molecule has 2 aromatic rings. The summed E-state index contributed by atoms with van der Waals surface area (Å²) in [5, 5.41) is 3.63. The van der Waals surface area contributed by atoms with Gasteiger partial charge in [0, 0.05) is 28.2 Å². The van der Waals surface area contributed by atoms with Crippen LogP contribution in [0.1, 0.15) is 42.9 Å². The first-order chi connectivity index (χ1) is 10.7. The Morgan fingerprint density at radius 2 is 1.95 bits per heavy atom. The summed E-state index contributed by atoms with van der Waals surface area (Å²) in [6.07, 6.45) is 7.18. The molecular formula is C17H19ClN2OS. The second-order valence-electron chi connectivity index (χ2n) is 5.88. The maximum Gasteiger partial charge on any atom is 0.224 e. The molecule has 3 rings (SSSR count). The third-order valence-electron chi connectivity index (χ3n) is 4.30. The van der Waals surface area contributed by atoms with Gasteiger partial charge in [-0.25, -0.2) is 0 Å². The van der Waals surface area contributed by atoms with Gasteiger partial charge in [-0.2, -0.15) is 0 Å². The first-order valence-corrected chi connectivity index (χ1v) is 8.90. The summed E-state index contributed by atoms with van der Waals surface area (Å²) < 4.78 is 0. The Morgan fingerprint density at radius 3 is 2.59 bits per heavy atom. The van der Waals surface area contributed by atoms with Gasteiger partial charge in [-0.05, 0) is 61.8 Å². The average molecular weight is 335 g/mol. The van der Waals surface area contributed by atoms with Gasteiger partial charge in [0.15, 0.2) is 0 Å². The van der Waals surface area contributed by atoms with Crippen LogP contribution in [0.4, 0.5) is 5.69 Å². The highest BCUT2D eigenvalue weighted by atomic mass is 35.5. The number of nitrogens with zero attached hydrogens (tertiary/aromatic N) is 1. The van der Waals surface area contributed by atoms with E-state index in [-0.39, 0.29) is 5.91 Å². The highest BCUT2D eigenvalue weighted by molar-refractivity contribution is 7.09. The predicted molar refractivity (Wildman–Crippen MR) is 91.5 cm³/mol. The van der Waals surface area contributed by atoms with Crippen LogP contribution in [0.5, 0.6) is 0 Å². The second kappa shape index (κ2) is 7.25. The lowest BCUT2D eigenvalue weighted by Gasteiger charge is -2.27. The second-order valence-corrected chi connectivity index (χ2v) is 7.24. The molecular weight excluding hydrogens is 316 g/mol. The summed E-state index contributed by atoms with van der Waals surface area (Å²) in [6.45, 7) is 0. The summed E-state index contributed by atoms with van der Waals surface area (Å²) in [6, 6.07) is 7.25. The van der Waals surface area contributed by atoms with E-state index in [1.807, 2.05) is 23.8 Å². The van der Waals surface area contributed by atoms with Gasteiger partial charge in [-0.3, -0.25) is 9.78 Å². The van der Waals surface area contributed by atoms with Crippen molar-refractivity contribution in [1.82, 2.24) is 4.98 Å². The molecule has 0 atom stereocenters. The highest BCUT2D eigenvalue weighted by Crippen LogP contribution is 2.38. The molecule has 5 heteroatoms. The van der Waals surface area contributed by atoms with E-state index in [1.54, 1.807) is 23.5 Å². The number of aromatic nitrogens is 1. The molecule has 1 saturated carbocycles. The minimum absolute atomic E-state index is 0.101. The van der Waals surface area contributed by atoms with Crippen LogP contribution in [0, 0.1) is 5.92 Å². The fourth-order valence-electron chi connectivity index (χ4n) is 3.09. The lowest BCUT2D eigenvalue weighted by molar-refractivity contribution is -0.117. The molecule has 0 saturated heterocycles. The van der Waals surface area contributed by atoms with Crippen molar-refractivity contribution in [3.63, 3.8) is 0 Å². The molecule has 0 unspecified atom stereocenters. The average Bonchev–Trinajstić information content (AvgIpc) is 3.05. The molecule has 3 nitrogen and oxygen atoms in total. The zero-order chi connectivity index (χ0) is 15.4. The number of thiazole rings is 1. The SMILES string of the molecule is O=C(C[C@H]1CC[C@@H](c2cncs2)CC1)Nc1ccc(Cl)cc1. The van der Waals surface area contributed by atoms with Gasteiger partial charge in [0.25, 0.3) is 0 Å². The summed E-state index contributed by atoms with van der Waals surface area (Å²) in [7, 11) is 0. The number of carbonyl (C=O) groups excluding carboxylic acids is 1. The fraction of sp³-hybridized carbons (Fsp3) is 0.412. The van der Waals surface area contributed by atoms with Crippen molar-refractivity contribution in [2.75, 3.05) is 5.32 Å². The number of carbonyl (C=O) groups is 1. The monoisotopic (exact) mass is 334 g/mol. The van der Waals surface area contributed by atoms with Gasteiger partial charge in [0.1, 0.15) is 0 Å². The van der Waals surface area contributed by atoms with E-state index in [0.717, 1.165) is 18.5 Å². The van der Waals surface area contributed by atoms with Crippen LogP contribution in [-0.4, -0.2) is 10.9 Å². The van der Waals surface area contributed by atoms with E-state index in [0.29, 0.717) is 23.3 Å². The molecule has 116 valence electrons. The van der Waals surface area contributed by atoms with Crippen molar-refractivity contribution >= 4 is 34.5 Å². The standard InChI is InChI=1S/C17H19ClN2OS/c18-14-5-7-15(8-6-14)20-17(21)9-12-1-3-13(4-2-12)16-10-19-11-22-16/h5-8,10-13H,1-4,9H2,(H,20,21)/t12-,13+. The topological polar surface area (TPSA) is 42.0 Å². The van der Waals surface area contributed by atoms with Gasteiger partial charge in [0.05, 0.1) is 5.51 Å². The van der Waals surface area contributed by atoms with Crippen molar-refractivity contribution in [2.45, 2.75) is 38.0 Å². The van der Waals surface area contributed by atoms with Crippen LogP contribution < -0.4 is 5.32 Å². The molecule has 0 aliphatic heterocycles. The van der Waals surface area contributed by atoms with Crippen molar-refractivity contribution < 1.29 is 4.79 Å². The Morgan fingerprint density at radius 1 is 1.23 bits per heavy atom. The Bertz CT molecular complexity index is 604. The molecule has 0 spiro atoms. The van der Waals surface area contributed by atoms with E-state index in [1.165, 1.54) is 17.7 Å². The Kier molecular flexibility index (Phi) is 5.11. The highest BCUT2D eigenvalue weighted by Gasteiger charge is 2.24. The quantitative estimate of drug-likeness (QED) is 0.845. The van der Waals surface area contributed by atoms with E-state index in [9.17, 15) is 4.79 Å². The van der Waals surface area contributed by atoms with Gasteiger partial charge in [-0.1, -0.05) is 11.6 Å². The van der Waals surface area contributed by atoms with E-state index in [2.05, 4.69) is 10.3 Å². The van der Waals surface area contributed by atoms with E-state index in [4.69, 9.17) is 11.6 Å². The molecule has 1 aromatic heterocycles. The number of nitrogens with one attached hydrogen (secondary N) is 1. The number of hydrogen-bond acceptors (Lipinski definition) is 3. The number of amides is 1. The van der Waals surface area contributed by atoms with Crippen LogP contribution in [-0.2, 0) is 4.79 Å². The number of halogens is 1. The molecule has 1 heterocycles. The molecule has 1 aliphatic rings. The van der Waals surface area contributed by atoms with Gasteiger partial charge in [0.2, 0.25) is 5.91 Å². The molecule has 1 amide bonds. The van der Waals surface area contributed by atoms with Crippen LogP contribution >= 0.6 is 22.9 Å². The summed E-state index contributed by atoms with van der Waals surface area (Å²) in [5.41, 5.74) is 2.72. The zero-order valence-corrected chi connectivity index (χ0v) is 13.9. The van der Waals surface area contributed by atoms with Crippen LogP contribution in [0.15, 0.2) is 36.0 Å². The largest absolute Gasteiger partial charge is 0.326 e. The van der Waals surface area contributed by atoms with Crippen LogP contribution in [0.25, 0.3) is 0 Å². The zero-order valence-electron chi connectivity index (χ0n) is 12.3. The van der Waals surface area contributed by atoms with Crippen LogP contribution in [0.2, 0.25) is 5.02 Å². The number of hydrogen-bond donors (Lipinski definition) is 1. The van der Waals surface area contributed by atoms with Gasteiger partial charge >= 0.3 is 0 Å². The number of anilines is 1. The maximum absolute atomic E-state index is 12.1. The van der Waals surface area contributed by atoms with Gasteiger partial charge < -0.3 is 5.32 Å². The van der Waals surface area contributed by atoms with Crippen molar-refractivity contribution in [3.8, 4) is 0 Å². The third-order valence-corrected chi connectivity index (χ3v) is 5.49. The first kappa shape index (κ1) is 15.5. The maximum atomic E-state index is 12.1. The smallest absolute Gasteiger partial charge is 0.224 e. The number of rotatable bonds is 4. The summed E-state index contributed by atoms with van der Waals surface area (Å²) in [4.78, 5) is 17.7. The fourth-order valence-corrected chi connectivity index (χ4v) is 4.01. The molecule has 22 heavy (non-hydrogen) atoms. The third kappa shape index (κ3) is 4.08. The van der Waals surface area contributed by atoms with Crippen molar-refractivity contribution in [3.05, 3.63) is 45.9 Å². The molecule has 1 fully saturated rings. The van der Waals surface area contributed by atoms with Gasteiger partial charge in [-0.15, -0.1) is 11.3 Å². The lowest BCUT2D eigenvalue weighted by atomic mass is 9.80. The Labute approximate surface area is 139 Å². The normalized spacial score (nSPS) is 21.5.